The molecule has 2 fully saturated rings. The lowest BCUT2D eigenvalue weighted by atomic mass is 9.78. The third-order valence-electron chi connectivity index (χ3n) is 7.11. The number of nitrogens with zero attached hydrogens (tertiary/aromatic N) is 2. The van der Waals surface area contributed by atoms with Gasteiger partial charge in [-0.05, 0) is 56.4 Å². The fourth-order valence-electron chi connectivity index (χ4n) is 5.54. The molecule has 5 rings (SSSR count). The summed E-state index contributed by atoms with van der Waals surface area (Å²) in [4.78, 5) is 2.95. The Bertz CT molecular complexity index is 1060. The van der Waals surface area contributed by atoms with E-state index in [9.17, 15) is 8.42 Å². The molecule has 6 nitrogen and oxygen atoms in total. The van der Waals surface area contributed by atoms with Gasteiger partial charge in [-0.2, -0.15) is 4.31 Å². The van der Waals surface area contributed by atoms with E-state index in [1.54, 1.807) is 23.5 Å². The molecule has 0 amide bonds. The van der Waals surface area contributed by atoms with Crippen LogP contribution in [-0.4, -0.2) is 51.0 Å². The lowest BCUT2D eigenvalue weighted by molar-refractivity contribution is 0.219. The molecule has 1 spiro atoms. The average molecular weight is 428 g/mol. The van der Waals surface area contributed by atoms with Crippen LogP contribution in [0, 0.1) is 6.92 Å². The molecule has 1 unspecified atom stereocenters. The van der Waals surface area contributed by atoms with Gasteiger partial charge in [-0.25, -0.2) is 8.42 Å². The van der Waals surface area contributed by atoms with Gasteiger partial charge in [-0.1, -0.05) is 18.2 Å². The van der Waals surface area contributed by atoms with E-state index in [4.69, 9.17) is 4.74 Å². The largest absolute Gasteiger partial charge is 0.497 e. The number of benzene rings is 2. The van der Waals surface area contributed by atoms with Crippen molar-refractivity contribution >= 4 is 21.4 Å². The SMILES string of the molecule is COc1ccc2c(c1)NC1(CCN(S(=O)(=O)c3ccccc3C)CC1)C1CCCN21. The van der Waals surface area contributed by atoms with Gasteiger partial charge in [0.1, 0.15) is 5.75 Å². The van der Waals surface area contributed by atoms with Crippen molar-refractivity contribution in [3.05, 3.63) is 48.0 Å². The fraction of sp³-hybridized carbons (Fsp3) is 0.478. The maximum absolute atomic E-state index is 13.3. The zero-order chi connectivity index (χ0) is 20.9. The number of rotatable bonds is 3. The number of piperidine rings is 1. The molecule has 30 heavy (non-hydrogen) atoms. The third kappa shape index (κ3) is 2.98. The summed E-state index contributed by atoms with van der Waals surface area (Å²) in [5.74, 6) is 0.841. The number of anilines is 2. The number of hydrogen-bond acceptors (Lipinski definition) is 5. The van der Waals surface area contributed by atoms with Crippen LogP contribution in [0.15, 0.2) is 47.4 Å². The molecule has 7 heteroatoms. The van der Waals surface area contributed by atoms with E-state index < -0.39 is 10.0 Å². The molecule has 3 aliphatic rings. The van der Waals surface area contributed by atoms with Crippen molar-refractivity contribution in [2.75, 3.05) is 37.0 Å². The molecule has 160 valence electrons. The summed E-state index contributed by atoms with van der Waals surface area (Å²) in [5.41, 5.74) is 3.03. The van der Waals surface area contributed by atoms with Crippen LogP contribution in [0.1, 0.15) is 31.2 Å². The molecule has 3 aliphatic heterocycles. The van der Waals surface area contributed by atoms with Crippen LogP contribution in [0.2, 0.25) is 0 Å². The number of methoxy groups -OCH3 is 1. The minimum atomic E-state index is -3.47. The fourth-order valence-corrected chi connectivity index (χ4v) is 7.21. The summed E-state index contributed by atoms with van der Waals surface area (Å²) in [5, 5.41) is 3.84. The van der Waals surface area contributed by atoms with Crippen LogP contribution < -0.4 is 15.0 Å². The van der Waals surface area contributed by atoms with Crippen molar-refractivity contribution in [3.63, 3.8) is 0 Å². The Morgan fingerprint density at radius 2 is 1.87 bits per heavy atom. The number of ether oxygens (including phenoxy) is 1. The zero-order valence-electron chi connectivity index (χ0n) is 17.6. The van der Waals surface area contributed by atoms with Crippen molar-refractivity contribution in [2.45, 2.75) is 49.1 Å². The number of sulfonamides is 1. The maximum Gasteiger partial charge on any atom is 0.243 e. The van der Waals surface area contributed by atoms with Gasteiger partial charge in [-0.3, -0.25) is 0 Å². The van der Waals surface area contributed by atoms with Crippen LogP contribution in [0.3, 0.4) is 0 Å². The normalized spacial score (nSPS) is 23.0. The van der Waals surface area contributed by atoms with Gasteiger partial charge in [0.05, 0.1) is 35.0 Å². The lowest BCUT2D eigenvalue weighted by Crippen LogP contribution is -2.62. The quantitative estimate of drug-likeness (QED) is 0.811. The second-order valence-electron chi connectivity index (χ2n) is 8.69. The predicted molar refractivity (Wildman–Crippen MR) is 119 cm³/mol. The summed E-state index contributed by atoms with van der Waals surface area (Å²) in [6.07, 6.45) is 3.92. The highest BCUT2D eigenvalue weighted by atomic mass is 32.2. The van der Waals surface area contributed by atoms with Crippen molar-refractivity contribution < 1.29 is 13.2 Å². The smallest absolute Gasteiger partial charge is 0.243 e. The van der Waals surface area contributed by atoms with Crippen molar-refractivity contribution in [2.24, 2.45) is 0 Å². The van der Waals surface area contributed by atoms with Crippen LogP contribution >= 0.6 is 0 Å². The molecule has 1 atom stereocenters. The van der Waals surface area contributed by atoms with E-state index in [0.717, 1.165) is 42.8 Å². The summed E-state index contributed by atoms with van der Waals surface area (Å²) < 4.78 is 33.6. The molecule has 0 aromatic heterocycles. The Hall–Kier alpha value is -2.25. The Morgan fingerprint density at radius 1 is 1.10 bits per heavy atom. The second-order valence-corrected chi connectivity index (χ2v) is 10.6. The van der Waals surface area contributed by atoms with E-state index >= 15 is 0 Å². The molecule has 0 aliphatic carbocycles. The minimum absolute atomic E-state index is 0.104. The summed E-state index contributed by atoms with van der Waals surface area (Å²) >= 11 is 0. The topological polar surface area (TPSA) is 61.9 Å². The number of hydrogen-bond donors (Lipinski definition) is 1. The van der Waals surface area contributed by atoms with Crippen molar-refractivity contribution in [3.8, 4) is 5.75 Å². The van der Waals surface area contributed by atoms with Crippen LogP contribution in [-0.2, 0) is 10.0 Å². The van der Waals surface area contributed by atoms with E-state index in [2.05, 4.69) is 22.3 Å². The third-order valence-corrected chi connectivity index (χ3v) is 9.17. The minimum Gasteiger partial charge on any atom is -0.497 e. The Balaban J connectivity index is 1.43. The molecular formula is C23H29N3O3S. The first kappa shape index (κ1) is 19.7. The lowest BCUT2D eigenvalue weighted by Gasteiger charge is -2.53. The van der Waals surface area contributed by atoms with E-state index in [1.165, 1.54) is 12.1 Å². The van der Waals surface area contributed by atoms with Gasteiger partial charge in [0.2, 0.25) is 10.0 Å². The van der Waals surface area contributed by atoms with Crippen molar-refractivity contribution in [1.82, 2.24) is 4.31 Å². The standard InChI is InChI=1S/C23H29N3O3S/c1-17-6-3-4-7-21(17)30(27,28)25-14-11-23(12-15-25)22-8-5-13-26(22)20-10-9-18(29-2)16-19(20)24-23/h3-4,6-7,9-10,16,22,24H,5,8,11-15H2,1-2H3. The first-order valence-corrected chi connectivity index (χ1v) is 12.2. The van der Waals surface area contributed by atoms with Gasteiger partial charge in [0.15, 0.2) is 0 Å². The van der Waals surface area contributed by atoms with Crippen LogP contribution in [0.4, 0.5) is 11.4 Å². The molecule has 2 aromatic rings. The highest BCUT2D eigenvalue weighted by Gasteiger charge is 2.50. The molecule has 2 saturated heterocycles. The summed E-state index contributed by atoms with van der Waals surface area (Å²) in [7, 11) is -1.78. The zero-order valence-corrected chi connectivity index (χ0v) is 18.4. The molecule has 2 aromatic carbocycles. The first-order chi connectivity index (χ1) is 14.4. The Kier molecular flexibility index (Phi) is 4.71. The van der Waals surface area contributed by atoms with Crippen LogP contribution in [0.25, 0.3) is 0 Å². The maximum atomic E-state index is 13.3. The Labute approximate surface area is 178 Å². The number of fused-ring (bicyclic) bond motifs is 4. The Morgan fingerprint density at radius 3 is 2.60 bits per heavy atom. The summed E-state index contributed by atoms with van der Waals surface area (Å²) in [6.45, 7) is 3.99. The summed E-state index contributed by atoms with van der Waals surface area (Å²) in [6, 6.07) is 13.9. The number of aryl methyl sites for hydroxylation is 1. The molecule has 0 radical (unpaired) electrons. The molecule has 0 bridgehead atoms. The van der Waals surface area contributed by atoms with Crippen molar-refractivity contribution in [1.29, 1.82) is 0 Å². The van der Waals surface area contributed by atoms with Gasteiger partial charge in [0, 0.05) is 25.7 Å². The van der Waals surface area contributed by atoms with Gasteiger partial charge < -0.3 is 15.0 Å². The van der Waals surface area contributed by atoms with E-state index in [0.29, 0.717) is 24.0 Å². The second kappa shape index (κ2) is 7.17. The highest BCUT2D eigenvalue weighted by Crippen LogP contribution is 2.48. The van der Waals surface area contributed by atoms with E-state index in [-0.39, 0.29) is 5.54 Å². The highest BCUT2D eigenvalue weighted by molar-refractivity contribution is 7.89. The van der Waals surface area contributed by atoms with Gasteiger partial charge in [0.25, 0.3) is 0 Å². The number of nitrogens with one attached hydrogen (secondary N) is 1. The molecular weight excluding hydrogens is 398 g/mol. The monoisotopic (exact) mass is 427 g/mol. The first-order valence-electron chi connectivity index (χ1n) is 10.7. The average Bonchev–Trinajstić information content (AvgIpc) is 3.25. The van der Waals surface area contributed by atoms with Gasteiger partial charge >= 0.3 is 0 Å². The van der Waals surface area contributed by atoms with Crippen LogP contribution in [0.5, 0.6) is 5.75 Å². The molecule has 0 saturated carbocycles. The predicted octanol–water partition coefficient (Wildman–Crippen LogP) is 3.62. The van der Waals surface area contributed by atoms with E-state index in [1.807, 2.05) is 25.1 Å². The molecule has 3 heterocycles. The molecule has 1 N–H and O–H groups in total. The van der Waals surface area contributed by atoms with Gasteiger partial charge in [-0.15, -0.1) is 0 Å².